The fourth-order valence-corrected chi connectivity index (χ4v) is 4.98. The molecule has 0 saturated carbocycles. The highest BCUT2D eigenvalue weighted by Gasteiger charge is 2.26. The van der Waals surface area contributed by atoms with Crippen molar-refractivity contribution in [1.29, 1.82) is 0 Å². The molecule has 0 saturated heterocycles. The summed E-state index contributed by atoms with van der Waals surface area (Å²) in [6.07, 6.45) is 1.76. The van der Waals surface area contributed by atoms with E-state index in [0.717, 1.165) is 6.42 Å². The average Bonchev–Trinajstić information content (AvgIpc) is 2.71. The van der Waals surface area contributed by atoms with Gasteiger partial charge in [0.05, 0.1) is 4.90 Å². The van der Waals surface area contributed by atoms with Crippen LogP contribution in [0.5, 0.6) is 0 Å². The van der Waals surface area contributed by atoms with Gasteiger partial charge in [0.25, 0.3) is 0 Å². The van der Waals surface area contributed by atoms with Gasteiger partial charge >= 0.3 is 0 Å². The van der Waals surface area contributed by atoms with Crippen molar-refractivity contribution < 1.29 is 13.2 Å². The number of hydrogen-bond acceptors (Lipinski definition) is 3. The van der Waals surface area contributed by atoms with Gasteiger partial charge in [0.15, 0.2) is 0 Å². The second-order valence-electron chi connectivity index (χ2n) is 6.80. The highest BCUT2D eigenvalue weighted by molar-refractivity contribution is 7.89. The van der Waals surface area contributed by atoms with Crippen LogP contribution in [0.1, 0.15) is 30.9 Å². The molecule has 0 atom stereocenters. The van der Waals surface area contributed by atoms with Gasteiger partial charge in [-0.2, -0.15) is 4.31 Å². The number of benzene rings is 2. The van der Waals surface area contributed by atoms with Crippen LogP contribution in [0.25, 0.3) is 0 Å². The second kappa shape index (κ2) is 8.67. The van der Waals surface area contributed by atoms with E-state index in [1.54, 1.807) is 30.3 Å². The van der Waals surface area contributed by atoms with Crippen LogP contribution in [-0.4, -0.2) is 43.2 Å². The molecular formula is C21H26N2O3S. The Morgan fingerprint density at radius 2 is 1.67 bits per heavy atom. The highest BCUT2D eigenvalue weighted by Crippen LogP contribution is 2.20. The predicted octanol–water partition coefficient (Wildman–Crippen LogP) is 3.06. The van der Waals surface area contributed by atoms with Crippen LogP contribution in [0.15, 0.2) is 59.5 Å². The number of fused-ring (bicyclic) bond motifs is 1. The highest BCUT2D eigenvalue weighted by atomic mass is 32.2. The summed E-state index contributed by atoms with van der Waals surface area (Å²) in [5.74, 6) is 0.00821. The molecule has 5 nitrogen and oxygen atoms in total. The van der Waals surface area contributed by atoms with Gasteiger partial charge in [-0.25, -0.2) is 8.42 Å². The van der Waals surface area contributed by atoms with Crippen molar-refractivity contribution in [2.75, 3.05) is 19.6 Å². The Bertz CT molecular complexity index is 881. The Morgan fingerprint density at radius 3 is 2.37 bits per heavy atom. The second-order valence-corrected chi connectivity index (χ2v) is 8.74. The van der Waals surface area contributed by atoms with Crippen molar-refractivity contribution in [3.63, 3.8) is 0 Å². The minimum atomic E-state index is -3.58. The van der Waals surface area contributed by atoms with E-state index in [1.807, 2.05) is 24.0 Å². The van der Waals surface area contributed by atoms with E-state index in [9.17, 15) is 13.2 Å². The zero-order chi connectivity index (χ0) is 19.3. The van der Waals surface area contributed by atoms with Crippen molar-refractivity contribution in [3.05, 3.63) is 65.7 Å². The Kier molecular flexibility index (Phi) is 6.29. The molecule has 2 aromatic carbocycles. The Morgan fingerprint density at radius 1 is 1.00 bits per heavy atom. The van der Waals surface area contributed by atoms with E-state index in [0.29, 0.717) is 26.1 Å². The summed E-state index contributed by atoms with van der Waals surface area (Å²) in [7, 11) is -3.58. The zero-order valence-corrected chi connectivity index (χ0v) is 16.5. The number of hydrogen-bond donors (Lipinski definition) is 0. The first-order valence-corrected chi connectivity index (χ1v) is 10.9. The van der Waals surface area contributed by atoms with Crippen molar-refractivity contribution in [1.82, 2.24) is 9.21 Å². The standard InChI is InChI=1S/C21H26N2O3S/c1-2-14-23(27(25,26)20-10-4-3-5-11-20)16-13-21(24)22-15-12-18-8-6-7-9-19(18)17-22/h3-11H,2,12-17H2,1H3. The predicted molar refractivity (Wildman–Crippen MR) is 106 cm³/mol. The first kappa shape index (κ1) is 19.6. The molecule has 0 bridgehead atoms. The maximum absolute atomic E-state index is 12.9. The Balaban J connectivity index is 1.65. The Labute approximate surface area is 161 Å². The summed E-state index contributed by atoms with van der Waals surface area (Å²) in [4.78, 5) is 14.8. The van der Waals surface area contributed by atoms with Crippen molar-refractivity contribution in [2.45, 2.75) is 37.6 Å². The Hall–Kier alpha value is -2.18. The third-order valence-electron chi connectivity index (χ3n) is 4.91. The molecule has 1 amide bonds. The first-order chi connectivity index (χ1) is 13.0. The SMILES string of the molecule is CCCN(CCC(=O)N1CCc2ccccc2C1)S(=O)(=O)c1ccccc1. The lowest BCUT2D eigenvalue weighted by Crippen LogP contribution is -2.39. The molecule has 1 aliphatic heterocycles. The van der Waals surface area contributed by atoms with E-state index in [1.165, 1.54) is 15.4 Å². The molecule has 3 rings (SSSR count). The largest absolute Gasteiger partial charge is 0.338 e. The van der Waals surface area contributed by atoms with E-state index < -0.39 is 10.0 Å². The fourth-order valence-electron chi connectivity index (χ4n) is 3.43. The van der Waals surface area contributed by atoms with E-state index in [2.05, 4.69) is 12.1 Å². The van der Waals surface area contributed by atoms with Gasteiger partial charge in [0, 0.05) is 32.6 Å². The first-order valence-electron chi connectivity index (χ1n) is 9.42. The normalized spacial score (nSPS) is 14.2. The molecule has 2 aromatic rings. The van der Waals surface area contributed by atoms with Crippen molar-refractivity contribution in [3.8, 4) is 0 Å². The topological polar surface area (TPSA) is 57.7 Å². The molecule has 1 aliphatic rings. The molecule has 0 spiro atoms. The van der Waals surface area contributed by atoms with Crippen LogP contribution in [-0.2, 0) is 27.8 Å². The molecule has 6 heteroatoms. The van der Waals surface area contributed by atoms with Crippen molar-refractivity contribution >= 4 is 15.9 Å². The van der Waals surface area contributed by atoms with Crippen LogP contribution in [0.2, 0.25) is 0 Å². The van der Waals surface area contributed by atoms with Crippen LogP contribution in [0.3, 0.4) is 0 Å². The number of rotatable bonds is 7. The fraction of sp³-hybridized carbons (Fsp3) is 0.381. The lowest BCUT2D eigenvalue weighted by molar-refractivity contribution is -0.132. The molecule has 0 aromatic heterocycles. The summed E-state index contributed by atoms with van der Waals surface area (Å²) < 4.78 is 27.2. The van der Waals surface area contributed by atoms with Crippen LogP contribution in [0, 0.1) is 0 Å². The van der Waals surface area contributed by atoms with Crippen LogP contribution >= 0.6 is 0 Å². The summed E-state index contributed by atoms with van der Waals surface area (Å²) in [5.41, 5.74) is 2.47. The maximum atomic E-state index is 12.9. The molecule has 0 unspecified atom stereocenters. The molecule has 144 valence electrons. The van der Waals surface area contributed by atoms with Crippen LogP contribution in [0.4, 0.5) is 0 Å². The number of amides is 1. The monoisotopic (exact) mass is 386 g/mol. The van der Waals surface area contributed by atoms with E-state index in [-0.39, 0.29) is 23.8 Å². The lowest BCUT2D eigenvalue weighted by Gasteiger charge is -2.30. The smallest absolute Gasteiger partial charge is 0.243 e. The lowest BCUT2D eigenvalue weighted by atomic mass is 10.00. The number of carbonyl (C=O) groups is 1. The maximum Gasteiger partial charge on any atom is 0.243 e. The van der Waals surface area contributed by atoms with Gasteiger partial charge in [-0.15, -0.1) is 0 Å². The molecule has 0 aliphatic carbocycles. The van der Waals surface area contributed by atoms with Crippen LogP contribution < -0.4 is 0 Å². The van der Waals surface area contributed by atoms with Gasteiger partial charge in [-0.3, -0.25) is 4.79 Å². The zero-order valence-electron chi connectivity index (χ0n) is 15.7. The van der Waals surface area contributed by atoms with Gasteiger partial charge in [0.2, 0.25) is 15.9 Å². The summed E-state index contributed by atoms with van der Waals surface area (Å²) in [6.45, 7) is 3.86. The van der Waals surface area contributed by atoms with Gasteiger partial charge in [-0.1, -0.05) is 49.4 Å². The van der Waals surface area contributed by atoms with Crippen molar-refractivity contribution in [2.24, 2.45) is 0 Å². The molecule has 27 heavy (non-hydrogen) atoms. The quantitative estimate of drug-likeness (QED) is 0.735. The third kappa shape index (κ3) is 4.57. The molecule has 0 N–H and O–H groups in total. The molecule has 0 radical (unpaired) electrons. The summed E-state index contributed by atoms with van der Waals surface area (Å²) in [5, 5.41) is 0. The summed E-state index contributed by atoms with van der Waals surface area (Å²) >= 11 is 0. The number of carbonyl (C=O) groups excluding carboxylic acids is 1. The minimum absolute atomic E-state index is 0.00821. The third-order valence-corrected chi connectivity index (χ3v) is 6.83. The van der Waals surface area contributed by atoms with E-state index in [4.69, 9.17) is 0 Å². The number of sulfonamides is 1. The molecule has 1 heterocycles. The van der Waals surface area contributed by atoms with Gasteiger partial charge in [-0.05, 0) is 36.1 Å². The van der Waals surface area contributed by atoms with Gasteiger partial charge in [0.1, 0.15) is 0 Å². The van der Waals surface area contributed by atoms with Gasteiger partial charge < -0.3 is 4.90 Å². The summed E-state index contributed by atoms with van der Waals surface area (Å²) in [6, 6.07) is 16.6. The van der Waals surface area contributed by atoms with E-state index >= 15 is 0 Å². The molecular weight excluding hydrogens is 360 g/mol. The molecule has 0 fully saturated rings. The average molecular weight is 387 g/mol. The number of nitrogens with zero attached hydrogens (tertiary/aromatic N) is 2. The minimum Gasteiger partial charge on any atom is -0.338 e.